The van der Waals surface area contributed by atoms with Crippen molar-refractivity contribution in [2.45, 2.75) is 44.2 Å². The predicted molar refractivity (Wildman–Crippen MR) is 117 cm³/mol. The van der Waals surface area contributed by atoms with Crippen molar-refractivity contribution >= 4 is 21.7 Å². The van der Waals surface area contributed by atoms with Gasteiger partial charge >= 0.3 is 0 Å². The molecule has 0 spiro atoms. The minimum atomic E-state index is -3.83. The van der Waals surface area contributed by atoms with Crippen molar-refractivity contribution in [3.8, 4) is 5.75 Å². The number of rotatable bonds is 7. The molecular formula is C21H29N5O4S. The maximum absolute atomic E-state index is 13.6. The number of sulfonamides is 1. The molecule has 1 aliphatic heterocycles. The van der Waals surface area contributed by atoms with Crippen molar-refractivity contribution < 1.29 is 17.9 Å². The van der Waals surface area contributed by atoms with E-state index in [2.05, 4.69) is 15.3 Å². The first-order valence-electron chi connectivity index (χ1n) is 10.1. The van der Waals surface area contributed by atoms with Crippen LogP contribution in [0.4, 0.5) is 5.82 Å². The molecule has 0 bridgehead atoms. The van der Waals surface area contributed by atoms with Gasteiger partial charge < -0.3 is 15.0 Å². The Morgan fingerprint density at radius 2 is 2.06 bits per heavy atom. The number of aryl methyl sites for hydroxylation is 1. The van der Waals surface area contributed by atoms with Gasteiger partial charge in [-0.15, -0.1) is 0 Å². The summed E-state index contributed by atoms with van der Waals surface area (Å²) in [6.45, 7) is 4.02. The summed E-state index contributed by atoms with van der Waals surface area (Å²) in [7, 11) is 1.07. The Morgan fingerprint density at radius 1 is 1.32 bits per heavy atom. The van der Waals surface area contributed by atoms with Crippen LogP contribution in [-0.2, 0) is 21.4 Å². The lowest BCUT2D eigenvalue weighted by molar-refractivity contribution is -0.128. The first kappa shape index (κ1) is 23.0. The third-order valence-corrected chi connectivity index (χ3v) is 7.33. The van der Waals surface area contributed by atoms with Gasteiger partial charge in [-0.05, 0) is 37.5 Å². The molecule has 1 atom stereocenters. The number of carbonyl (C=O) groups excluding carboxylic acids is 1. The Balaban J connectivity index is 2.02. The number of ether oxygens (including phenoxy) is 1. The molecule has 1 N–H and O–H groups in total. The topological polar surface area (TPSA) is 105 Å². The zero-order valence-corrected chi connectivity index (χ0v) is 19.4. The number of carbonyl (C=O) groups is 1. The van der Waals surface area contributed by atoms with Gasteiger partial charge in [-0.1, -0.05) is 6.07 Å². The van der Waals surface area contributed by atoms with Crippen molar-refractivity contribution in [1.29, 1.82) is 0 Å². The summed E-state index contributed by atoms with van der Waals surface area (Å²) in [5.41, 5.74) is 1.47. The molecule has 0 aliphatic carbocycles. The van der Waals surface area contributed by atoms with E-state index in [1.165, 1.54) is 18.3 Å². The quantitative estimate of drug-likeness (QED) is 0.695. The molecule has 10 heteroatoms. The summed E-state index contributed by atoms with van der Waals surface area (Å²) < 4.78 is 33.9. The third kappa shape index (κ3) is 4.80. The van der Waals surface area contributed by atoms with E-state index < -0.39 is 16.1 Å². The number of methoxy groups -OCH3 is 1. The fraction of sp³-hybridized carbons (Fsp3) is 0.476. The normalized spacial score (nSPS) is 16.9. The van der Waals surface area contributed by atoms with E-state index >= 15 is 0 Å². The minimum absolute atomic E-state index is 0.0808. The molecular weight excluding hydrogens is 418 g/mol. The summed E-state index contributed by atoms with van der Waals surface area (Å²) in [5, 5.41) is 3.00. The van der Waals surface area contributed by atoms with Gasteiger partial charge in [-0.25, -0.2) is 18.4 Å². The second-order valence-corrected chi connectivity index (χ2v) is 9.51. The molecule has 9 nitrogen and oxygen atoms in total. The van der Waals surface area contributed by atoms with E-state index in [0.29, 0.717) is 49.0 Å². The Labute approximate surface area is 183 Å². The van der Waals surface area contributed by atoms with Gasteiger partial charge in [0.15, 0.2) is 0 Å². The summed E-state index contributed by atoms with van der Waals surface area (Å²) in [4.78, 5) is 22.5. The largest absolute Gasteiger partial charge is 0.495 e. The number of amides is 1. The number of anilines is 1. The van der Waals surface area contributed by atoms with Crippen LogP contribution in [0.15, 0.2) is 29.2 Å². The number of hydrogen-bond acceptors (Lipinski definition) is 7. The molecule has 1 aliphatic rings. The van der Waals surface area contributed by atoms with Crippen molar-refractivity contribution in [3.63, 3.8) is 0 Å². The highest BCUT2D eigenvalue weighted by molar-refractivity contribution is 7.89. The fourth-order valence-corrected chi connectivity index (χ4v) is 5.53. The number of aromatic nitrogens is 2. The van der Waals surface area contributed by atoms with Crippen molar-refractivity contribution in [2.75, 3.05) is 33.1 Å². The van der Waals surface area contributed by atoms with Crippen LogP contribution in [0.5, 0.6) is 5.75 Å². The Hall–Kier alpha value is -2.72. The highest BCUT2D eigenvalue weighted by Gasteiger charge is 2.39. The first-order chi connectivity index (χ1) is 14.7. The molecule has 168 valence electrons. The molecule has 1 unspecified atom stereocenters. The van der Waals surface area contributed by atoms with Crippen LogP contribution in [0.2, 0.25) is 0 Å². The van der Waals surface area contributed by atoms with E-state index in [9.17, 15) is 13.2 Å². The number of nitrogens with zero attached hydrogens (tertiary/aromatic N) is 4. The van der Waals surface area contributed by atoms with Crippen LogP contribution in [0.3, 0.4) is 0 Å². The molecule has 1 aromatic heterocycles. The lowest BCUT2D eigenvalue weighted by atomic mass is 10.2. The summed E-state index contributed by atoms with van der Waals surface area (Å²) in [6, 6.07) is 6.38. The Kier molecular flexibility index (Phi) is 6.80. The second-order valence-electron chi connectivity index (χ2n) is 7.66. The SMILES string of the molecule is CNc1cc(CN(C)C(C)=O)nc(C2CCCN2S(=O)(=O)c2cc(C)ccc2OC)n1. The monoisotopic (exact) mass is 447 g/mol. The number of benzene rings is 1. The molecule has 1 amide bonds. The molecule has 0 radical (unpaired) electrons. The number of hydrogen-bond donors (Lipinski definition) is 1. The Morgan fingerprint density at radius 3 is 2.71 bits per heavy atom. The van der Waals surface area contributed by atoms with Gasteiger partial charge in [0.05, 0.1) is 25.4 Å². The zero-order chi connectivity index (χ0) is 22.8. The molecule has 1 saturated heterocycles. The van der Waals surface area contributed by atoms with Crippen LogP contribution in [0.1, 0.15) is 42.9 Å². The number of nitrogens with one attached hydrogen (secondary N) is 1. The van der Waals surface area contributed by atoms with Gasteiger partial charge in [0.1, 0.15) is 22.3 Å². The maximum atomic E-state index is 13.6. The predicted octanol–water partition coefficient (Wildman–Crippen LogP) is 2.34. The first-order valence-corrected chi connectivity index (χ1v) is 11.5. The smallest absolute Gasteiger partial charge is 0.247 e. The van der Waals surface area contributed by atoms with Crippen LogP contribution in [0.25, 0.3) is 0 Å². The molecule has 2 heterocycles. The minimum Gasteiger partial charge on any atom is -0.495 e. The van der Waals surface area contributed by atoms with E-state index in [1.807, 2.05) is 13.0 Å². The molecule has 31 heavy (non-hydrogen) atoms. The van der Waals surface area contributed by atoms with Gasteiger partial charge in [-0.3, -0.25) is 4.79 Å². The van der Waals surface area contributed by atoms with E-state index in [0.717, 1.165) is 5.56 Å². The van der Waals surface area contributed by atoms with E-state index in [-0.39, 0.29) is 10.8 Å². The van der Waals surface area contributed by atoms with Gasteiger partial charge in [0.2, 0.25) is 15.9 Å². The lowest BCUT2D eigenvalue weighted by Gasteiger charge is -2.25. The van der Waals surface area contributed by atoms with Crippen molar-refractivity contribution in [1.82, 2.24) is 19.2 Å². The average Bonchev–Trinajstić information content (AvgIpc) is 3.24. The van der Waals surface area contributed by atoms with Crippen LogP contribution < -0.4 is 10.1 Å². The van der Waals surface area contributed by atoms with Gasteiger partial charge in [-0.2, -0.15) is 4.31 Å². The van der Waals surface area contributed by atoms with Crippen molar-refractivity contribution in [2.24, 2.45) is 0 Å². The molecule has 3 rings (SSSR count). The highest BCUT2D eigenvalue weighted by atomic mass is 32.2. The molecule has 0 saturated carbocycles. The summed E-state index contributed by atoms with van der Waals surface area (Å²) >= 11 is 0. The van der Waals surface area contributed by atoms with Crippen LogP contribution in [-0.4, -0.2) is 61.2 Å². The second kappa shape index (κ2) is 9.19. The molecule has 1 fully saturated rings. The van der Waals surface area contributed by atoms with Crippen LogP contribution in [0, 0.1) is 6.92 Å². The maximum Gasteiger partial charge on any atom is 0.247 e. The average molecular weight is 448 g/mol. The highest BCUT2D eigenvalue weighted by Crippen LogP contribution is 2.38. The van der Waals surface area contributed by atoms with Crippen molar-refractivity contribution in [3.05, 3.63) is 41.3 Å². The van der Waals surface area contributed by atoms with E-state index in [1.54, 1.807) is 37.2 Å². The van der Waals surface area contributed by atoms with Crippen LogP contribution >= 0.6 is 0 Å². The fourth-order valence-electron chi connectivity index (χ4n) is 3.63. The zero-order valence-electron chi connectivity index (χ0n) is 18.5. The summed E-state index contributed by atoms with van der Waals surface area (Å²) in [6.07, 6.45) is 1.32. The standard InChI is InChI=1S/C21H29N5O4S/c1-14-8-9-18(30-5)19(11-14)31(28,29)26-10-6-7-17(26)21-23-16(12-20(22-3)24-21)13-25(4)15(2)27/h8-9,11-12,17H,6-7,10,13H2,1-5H3,(H,22,23,24). The summed E-state index contributed by atoms with van der Waals surface area (Å²) in [5.74, 6) is 1.23. The molecule has 1 aromatic carbocycles. The lowest BCUT2D eigenvalue weighted by Crippen LogP contribution is -2.32. The van der Waals surface area contributed by atoms with E-state index in [4.69, 9.17) is 4.74 Å². The van der Waals surface area contributed by atoms with Gasteiger partial charge in [0.25, 0.3) is 0 Å². The molecule has 2 aromatic rings. The van der Waals surface area contributed by atoms with Gasteiger partial charge in [0, 0.05) is 33.6 Å². The Bertz CT molecular complexity index is 1070. The third-order valence-electron chi connectivity index (χ3n) is 5.40.